The molecule has 4 rings (SSSR count). The lowest BCUT2D eigenvalue weighted by Crippen LogP contribution is -2.43. The van der Waals surface area contributed by atoms with Crippen molar-refractivity contribution in [2.45, 2.75) is 50.4 Å². The second-order valence-corrected chi connectivity index (χ2v) is 7.86. The highest BCUT2D eigenvalue weighted by Crippen LogP contribution is 2.38. The van der Waals surface area contributed by atoms with E-state index >= 15 is 0 Å². The minimum Gasteiger partial charge on any atom is -0.356 e. The zero-order chi connectivity index (χ0) is 19.7. The van der Waals surface area contributed by atoms with Crippen LogP contribution in [0.5, 0.6) is 0 Å². The molecule has 1 aliphatic carbocycles. The molecular weight excluding hydrogens is 365 g/mol. The van der Waals surface area contributed by atoms with Crippen molar-refractivity contribution >= 4 is 5.82 Å². The molecule has 2 heterocycles. The molecule has 7 heteroatoms. The smallest absolute Gasteiger partial charge is 0.356 e. The number of hydrogen-bond donors (Lipinski definition) is 0. The topological polar surface area (TPSA) is 32.3 Å². The second-order valence-electron chi connectivity index (χ2n) is 7.86. The lowest BCUT2D eigenvalue weighted by atomic mass is 10.0. The molecule has 0 N–H and O–H groups in total. The number of benzene rings is 1. The number of nitrogens with zero attached hydrogens (tertiary/aromatic N) is 4. The van der Waals surface area contributed by atoms with Gasteiger partial charge in [-0.2, -0.15) is 13.2 Å². The first-order valence-electron chi connectivity index (χ1n) is 9.84. The monoisotopic (exact) mass is 390 g/mol. The van der Waals surface area contributed by atoms with E-state index in [1.54, 1.807) is 6.07 Å². The summed E-state index contributed by atoms with van der Waals surface area (Å²) >= 11 is 0. The number of aromatic nitrogens is 2. The van der Waals surface area contributed by atoms with E-state index in [1.165, 1.54) is 25.0 Å². The summed E-state index contributed by atoms with van der Waals surface area (Å²) in [7, 11) is 2.08. The van der Waals surface area contributed by atoms with Crippen LogP contribution in [0.15, 0.2) is 36.5 Å². The summed E-state index contributed by atoms with van der Waals surface area (Å²) < 4.78 is 38.7. The van der Waals surface area contributed by atoms with Crippen LogP contribution in [0, 0.1) is 0 Å². The Morgan fingerprint density at radius 2 is 1.86 bits per heavy atom. The minimum atomic E-state index is -4.29. The SMILES string of the molecule is CN(c1ccnc(C2CC2)n1)C1CCN(Cc2cccc(C(F)(F)F)c2)CC1. The number of likely N-dealkylation sites (tertiary alicyclic amines) is 1. The highest BCUT2D eigenvalue weighted by Gasteiger charge is 2.31. The highest BCUT2D eigenvalue weighted by atomic mass is 19.4. The van der Waals surface area contributed by atoms with E-state index < -0.39 is 11.7 Å². The van der Waals surface area contributed by atoms with Crippen LogP contribution < -0.4 is 4.90 Å². The van der Waals surface area contributed by atoms with Gasteiger partial charge in [0.15, 0.2) is 0 Å². The fraction of sp³-hybridized carbons (Fsp3) is 0.524. The van der Waals surface area contributed by atoms with Gasteiger partial charge >= 0.3 is 6.18 Å². The van der Waals surface area contributed by atoms with Crippen molar-refractivity contribution in [3.8, 4) is 0 Å². The molecule has 4 nitrogen and oxygen atoms in total. The molecule has 1 aromatic carbocycles. The second kappa shape index (κ2) is 7.70. The summed E-state index contributed by atoms with van der Waals surface area (Å²) in [6, 6.07) is 8.00. The number of halogens is 3. The Morgan fingerprint density at radius 3 is 2.54 bits per heavy atom. The molecule has 1 aliphatic heterocycles. The molecular formula is C21H25F3N4. The molecule has 2 aliphatic rings. The number of rotatable bonds is 5. The summed E-state index contributed by atoms with van der Waals surface area (Å²) in [5.41, 5.74) is 0.140. The van der Waals surface area contributed by atoms with Crippen LogP contribution in [0.25, 0.3) is 0 Å². The Balaban J connectivity index is 1.34. The summed E-state index contributed by atoms with van der Waals surface area (Å²) in [6.45, 7) is 2.29. The zero-order valence-electron chi connectivity index (χ0n) is 16.0. The quantitative estimate of drug-likeness (QED) is 0.754. The van der Waals surface area contributed by atoms with Crippen LogP contribution in [0.1, 0.15) is 48.6 Å². The summed E-state index contributed by atoms with van der Waals surface area (Å²) in [5, 5.41) is 0. The first-order chi connectivity index (χ1) is 13.4. The van der Waals surface area contributed by atoms with Crippen LogP contribution in [0.3, 0.4) is 0 Å². The molecule has 0 unspecified atom stereocenters. The molecule has 0 atom stereocenters. The van der Waals surface area contributed by atoms with E-state index in [9.17, 15) is 13.2 Å². The van der Waals surface area contributed by atoms with E-state index in [1.807, 2.05) is 12.3 Å². The molecule has 1 saturated heterocycles. The summed E-state index contributed by atoms with van der Waals surface area (Å²) in [4.78, 5) is 13.6. The van der Waals surface area contributed by atoms with Crippen LogP contribution in [0.4, 0.5) is 19.0 Å². The molecule has 0 radical (unpaired) electrons. The Bertz CT molecular complexity index is 811. The molecule has 2 aromatic rings. The van der Waals surface area contributed by atoms with Crippen molar-refractivity contribution in [3.63, 3.8) is 0 Å². The van der Waals surface area contributed by atoms with Gasteiger partial charge in [-0.15, -0.1) is 0 Å². The third kappa shape index (κ3) is 4.46. The molecule has 1 aromatic heterocycles. The standard InChI is InChI=1S/C21H25F3N4/c1-27(19-7-10-25-20(26-19)16-5-6-16)18-8-11-28(12-9-18)14-15-3-2-4-17(13-15)21(22,23)24/h2-4,7,10,13,16,18H,5-6,8-9,11-12,14H2,1H3. The van der Waals surface area contributed by atoms with Crippen molar-refractivity contribution in [1.82, 2.24) is 14.9 Å². The van der Waals surface area contributed by atoms with E-state index in [2.05, 4.69) is 21.8 Å². The predicted molar refractivity (Wildman–Crippen MR) is 102 cm³/mol. The normalized spacial score (nSPS) is 19.0. The lowest BCUT2D eigenvalue weighted by molar-refractivity contribution is -0.137. The van der Waals surface area contributed by atoms with E-state index in [-0.39, 0.29) is 0 Å². The molecule has 2 fully saturated rings. The third-order valence-corrected chi connectivity index (χ3v) is 5.73. The van der Waals surface area contributed by atoms with Gasteiger partial charge in [0.05, 0.1) is 5.56 Å². The predicted octanol–water partition coefficient (Wildman–Crippen LogP) is 4.47. The maximum absolute atomic E-state index is 12.9. The Hall–Kier alpha value is -2.15. The Kier molecular flexibility index (Phi) is 5.27. The van der Waals surface area contributed by atoms with Crippen LogP contribution in [-0.2, 0) is 12.7 Å². The Labute approximate surface area is 163 Å². The largest absolute Gasteiger partial charge is 0.416 e. The molecule has 1 saturated carbocycles. The Morgan fingerprint density at radius 1 is 1.11 bits per heavy atom. The van der Waals surface area contributed by atoms with Crippen LogP contribution in [-0.4, -0.2) is 41.0 Å². The first kappa shape index (κ1) is 19.2. The van der Waals surface area contributed by atoms with Crippen molar-refractivity contribution in [1.29, 1.82) is 0 Å². The van der Waals surface area contributed by atoms with Crippen molar-refractivity contribution in [3.05, 3.63) is 53.5 Å². The summed E-state index contributed by atoms with van der Waals surface area (Å²) in [6.07, 6.45) is 1.86. The van der Waals surface area contributed by atoms with Gasteiger partial charge in [-0.1, -0.05) is 18.2 Å². The van der Waals surface area contributed by atoms with Gasteiger partial charge in [-0.25, -0.2) is 9.97 Å². The van der Waals surface area contributed by atoms with Gasteiger partial charge in [0.1, 0.15) is 11.6 Å². The lowest BCUT2D eigenvalue weighted by Gasteiger charge is -2.37. The minimum absolute atomic E-state index is 0.389. The molecule has 0 bridgehead atoms. The maximum atomic E-state index is 12.9. The number of piperidine rings is 1. The first-order valence-corrected chi connectivity index (χ1v) is 9.84. The van der Waals surface area contributed by atoms with Crippen molar-refractivity contribution in [2.75, 3.05) is 25.0 Å². The van der Waals surface area contributed by atoms with Gasteiger partial charge in [-0.05, 0) is 43.4 Å². The van der Waals surface area contributed by atoms with Gasteiger partial charge in [-0.3, -0.25) is 4.90 Å². The van der Waals surface area contributed by atoms with Gasteiger partial charge in [0.25, 0.3) is 0 Å². The highest BCUT2D eigenvalue weighted by molar-refractivity contribution is 5.38. The van der Waals surface area contributed by atoms with Gasteiger partial charge in [0.2, 0.25) is 0 Å². The van der Waals surface area contributed by atoms with Gasteiger partial charge < -0.3 is 4.90 Å². The van der Waals surface area contributed by atoms with Crippen LogP contribution >= 0.6 is 0 Å². The average Bonchev–Trinajstić information content (AvgIpc) is 3.53. The van der Waals surface area contributed by atoms with E-state index in [0.29, 0.717) is 24.1 Å². The van der Waals surface area contributed by atoms with Gasteiger partial charge in [0, 0.05) is 44.8 Å². The van der Waals surface area contributed by atoms with Crippen LogP contribution in [0.2, 0.25) is 0 Å². The zero-order valence-corrected chi connectivity index (χ0v) is 16.0. The molecule has 150 valence electrons. The van der Waals surface area contributed by atoms with E-state index in [0.717, 1.165) is 43.6 Å². The molecule has 0 amide bonds. The molecule has 28 heavy (non-hydrogen) atoms. The molecule has 0 spiro atoms. The fourth-order valence-corrected chi connectivity index (χ4v) is 3.85. The summed E-state index contributed by atoms with van der Waals surface area (Å²) in [5.74, 6) is 2.45. The number of hydrogen-bond acceptors (Lipinski definition) is 4. The van der Waals surface area contributed by atoms with E-state index in [4.69, 9.17) is 4.98 Å². The van der Waals surface area contributed by atoms with Crippen molar-refractivity contribution < 1.29 is 13.2 Å². The number of alkyl halides is 3. The van der Waals surface area contributed by atoms with Crippen molar-refractivity contribution in [2.24, 2.45) is 0 Å². The fourth-order valence-electron chi connectivity index (χ4n) is 3.85. The average molecular weight is 390 g/mol. The maximum Gasteiger partial charge on any atom is 0.416 e. The number of anilines is 1. The third-order valence-electron chi connectivity index (χ3n) is 5.73.